The van der Waals surface area contributed by atoms with E-state index in [0.717, 1.165) is 35.0 Å². The number of hydrogen-bond acceptors (Lipinski definition) is 7. The average Bonchev–Trinajstić information content (AvgIpc) is 3.33. The smallest absolute Gasteiger partial charge is 0.441 e. The van der Waals surface area contributed by atoms with Crippen LogP contribution in [0.25, 0.3) is 0 Å². The summed E-state index contributed by atoms with van der Waals surface area (Å²) in [6.07, 6.45) is -2.21. The molecule has 0 fully saturated rings. The molecule has 0 saturated carbocycles. The Morgan fingerprint density at radius 2 is 2.16 bits per heavy atom. The van der Waals surface area contributed by atoms with Crippen LogP contribution >= 0.6 is 11.3 Å². The van der Waals surface area contributed by atoms with Crippen LogP contribution in [0.3, 0.4) is 0 Å². The molecular weight excluding hydrogens is 435 g/mol. The van der Waals surface area contributed by atoms with E-state index in [4.69, 9.17) is 4.42 Å². The summed E-state index contributed by atoms with van der Waals surface area (Å²) in [5.74, 6) is -3.11. The third-order valence-corrected chi connectivity index (χ3v) is 6.15. The van der Waals surface area contributed by atoms with Gasteiger partial charge in [-0.3, -0.25) is 4.79 Å². The van der Waals surface area contributed by atoms with Gasteiger partial charge in [-0.2, -0.15) is 18.4 Å². The zero-order valence-electron chi connectivity index (χ0n) is 16.8. The number of thiophene rings is 1. The van der Waals surface area contributed by atoms with Gasteiger partial charge in [-0.05, 0) is 49.8 Å². The fourth-order valence-electron chi connectivity index (χ4n) is 3.40. The maximum absolute atomic E-state index is 14.3. The number of rotatable bonds is 6. The number of ether oxygens (including phenoxy) is 1. The molecule has 2 atom stereocenters. The summed E-state index contributed by atoms with van der Waals surface area (Å²) in [7, 11) is 0. The third-order valence-electron chi connectivity index (χ3n) is 4.98. The van der Waals surface area contributed by atoms with Crippen LogP contribution in [-0.2, 0) is 22.4 Å². The molecular formula is C20H20F3N3O4S. The summed E-state index contributed by atoms with van der Waals surface area (Å²) in [6.45, 7) is 3.02. The van der Waals surface area contributed by atoms with E-state index in [1.807, 2.05) is 13.0 Å². The molecule has 7 nitrogen and oxygen atoms in total. The molecule has 1 amide bonds. The van der Waals surface area contributed by atoms with Crippen molar-refractivity contribution < 1.29 is 31.9 Å². The largest absolute Gasteiger partial charge is 0.463 e. The number of esters is 1. The van der Waals surface area contributed by atoms with E-state index >= 15 is 0 Å². The van der Waals surface area contributed by atoms with Crippen molar-refractivity contribution in [3.8, 4) is 6.07 Å². The molecule has 2 unspecified atom stereocenters. The molecule has 31 heavy (non-hydrogen) atoms. The van der Waals surface area contributed by atoms with Crippen LogP contribution in [0.15, 0.2) is 22.8 Å². The van der Waals surface area contributed by atoms with Crippen LogP contribution in [-0.4, -0.2) is 30.3 Å². The van der Waals surface area contributed by atoms with Gasteiger partial charge in [-0.15, -0.1) is 11.3 Å². The molecule has 2 aromatic heterocycles. The standard InChI is InChI=1S/C20H20F3N3O4S/c1-3-29-18(28)19(20(21,22)23,25-16(27)14-5-4-8-30-14)26-17-13(10-24)12-7-6-11(2)9-15(12)31-17/h4-5,8,11,26H,3,6-7,9H2,1-2H3,(H,25,27). The molecule has 0 saturated heterocycles. The summed E-state index contributed by atoms with van der Waals surface area (Å²) in [6, 6.07) is 4.43. The highest BCUT2D eigenvalue weighted by Crippen LogP contribution is 2.42. The van der Waals surface area contributed by atoms with E-state index < -0.39 is 29.5 Å². The Bertz CT molecular complexity index is 1010. The van der Waals surface area contributed by atoms with Gasteiger partial charge in [-0.1, -0.05) is 6.92 Å². The molecule has 1 aliphatic rings. The monoisotopic (exact) mass is 455 g/mol. The molecule has 1 aliphatic carbocycles. The highest BCUT2D eigenvalue weighted by atomic mass is 32.1. The van der Waals surface area contributed by atoms with Gasteiger partial charge in [0.1, 0.15) is 11.1 Å². The Hall–Kier alpha value is -3.00. The second kappa shape index (κ2) is 8.63. The predicted octanol–water partition coefficient (Wildman–Crippen LogP) is 4.00. The lowest BCUT2D eigenvalue weighted by molar-refractivity contribution is -0.204. The lowest BCUT2D eigenvalue weighted by atomic mass is 9.88. The van der Waals surface area contributed by atoms with Crippen molar-refractivity contribution in [2.75, 3.05) is 11.9 Å². The number of alkyl halides is 3. The minimum absolute atomic E-state index is 0.0390. The van der Waals surface area contributed by atoms with Gasteiger partial charge in [0, 0.05) is 4.88 Å². The molecule has 11 heteroatoms. The number of nitrogens with one attached hydrogen (secondary N) is 2. The van der Waals surface area contributed by atoms with Gasteiger partial charge in [0.25, 0.3) is 5.91 Å². The lowest BCUT2D eigenvalue weighted by Crippen LogP contribution is -2.69. The minimum Gasteiger partial charge on any atom is -0.463 e. The van der Waals surface area contributed by atoms with E-state index in [0.29, 0.717) is 24.3 Å². The molecule has 0 bridgehead atoms. The summed E-state index contributed by atoms with van der Waals surface area (Å²) in [5.41, 5.74) is -2.90. The number of amides is 1. The SMILES string of the molecule is CCOC(=O)C(NC(=O)c1ccco1)(Nc1sc2c(c1C#N)CCC(C)C2)C(F)(F)F. The number of nitrogens with zero attached hydrogens (tertiary/aromatic N) is 1. The maximum Gasteiger partial charge on any atom is 0.441 e. The molecule has 0 spiro atoms. The zero-order valence-corrected chi connectivity index (χ0v) is 17.6. The van der Waals surface area contributed by atoms with Gasteiger partial charge in [0.05, 0.1) is 18.4 Å². The van der Waals surface area contributed by atoms with Crippen molar-refractivity contribution in [1.82, 2.24) is 5.32 Å². The molecule has 0 radical (unpaired) electrons. The summed E-state index contributed by atoms with van der Waals surface area (Å²) in [5, 5.41) is 13.3. The second-order valence-electron chi connectivity index (χ2n) is 7.19. The van der Waals surface area contributed by atoms with Gasteiger partial charge >= 0.3 is 17.8 Å². The molecule has 3 rings (SSSR count). The molecule has 0 aromatic carbocycles. The first-order chi connectivity index (χ1) is 14.6. The summed E-state index contributed by atoms with van der Waals surface area (Å²) < 4.78 is 52.5. The quantitative estimate of drug-likeness (QED) is 0.504. The van der Waals surface area contributed by atoms with Crippen LogP contribution in [0.2, 0.25) is 0 Å². The summed E-state index contributed by atoms with van der Waals surface area (Å²) in [4.78, 5) is 25.8. The third kappa shape index (κ3) is 4.25. The predicted molar refractivity (Wildman–Crippen MR) is 105 cm³/mol. The summed E-state index contributed by atoms with van der Waals surface area (Å²) >= 11 is 0.977. The van der Waals surface area contributed by atoms with Crippen molar-refractivity contribution >= 4 is 28.2 Å². The number of halogens is 3. The lowest BCUT2D eigenvalue weighted by Gasteiger charge is -2.34. The Labute approximate surface area is 180 Å². The first kappa shape index (κ1) is 22.7. The van der Waals surface area contributed by atoms with Crippen molar-refractivity contribution in [1.29, 1.82) is 5.26 Å². The Kier molecular flexibility index (Phi) is 6.31. The molecule has 2 aromatic rings. The van der Waals surface area contributed by atoms with E-state index in [2.05, 4.69) is 10.1 Å². The van der Waals surface area contributed by atoms with Crippen LogP contribution in [0.5, 0.6) is 0 Å². The van der Waals surface area contributed by atoms with Gasteiger partial charge < -0.3 is 19.8 Å². The fourth-order valence-corrected chi connectivity index (χ4v) is 4.81. The number of carbonyl (C=O) groups excluding carboxylic acids is 2. The van der Waals surface area contributed by atoms with Crippen LogP contribution in [0, 0.1) is 17.2 Å². The van der Waals surface area contributed by atoms with Crippen molar-refractivity contribution in [2.24, 2.45) is 5.92 Å². The second-order valence-corrected chi connectivity index (χ2v) is 8.30. The highest BCUT2D eigenvalue weighted by Gasteiger charge is 2.64. The Morgan fingerprint density at radius 3 is 2.74 bits per heavy atom. The number of nitriles is 1. The molecule has 166 valence electrons. The van der Waals surface area contributed by atoms with Gasteiger partial charge in [0.2, 0.25) is 0 Å². The number of furan rings is 1. The first-order valence-electron chi connectivity index (χ1n) is 9.55. The maximum atomic E-state index is 14.3. The minimum atomic E-state index is -5.30. The normalized spacial score (nSPS) is 17.7. The highest BCUT2D eigenvalue weighted by molar-refractivity contribution is 7.16. The number of carbonyl (C=O) groups is 2. The Balaban J connectivity index is 2.09. The van der Waals surface area contributed by atoms with Crippen molar-refractivity contribution in [3.63, 3.8) is 0 Å². The van der Waals surface area contributed by atoms with Crippen LogP contribution < -0.4 is 10.6 Å². The van der Waals surface area contributed by atoms with Crippen molar-refractivity contribution in [2.45, 2.75) is 44.9 Å². The van der Waals surface area contributed by atoms with E-state index in [9.17, 15) is 28.0 Å². The fraction of sp³-hybridized carbons (Fsp3) is 0.450. The molecule has 2 heterocycles. The number of anilines is 1. The van der Waals surface area contributed by atoms with Crippen LogP contribution in [0.1, 0.15) is 46.8 Å². The van der Waals surface area contributed by atoms with Gasteiger partial charge in [0.15, 0.2) is 5.76 Å². The van der Waals surface area contributed by atoms with Crippen LogP contribution in [0.4, 0.5) is 18.2 Å². The molecule has 2 N–H and O–H groups in total. The van der Waals surface area contributed by atoms with E-state index in [-0.39, 0.29) is 17.2 Å². The van der Waals surface area contributed by atoms with Gasteiger partial charge in [-0.25, -0.2) is 4.79 Å². The number of fused-ring (bicyclic) bond motifs is 1. The average molecular weight is 455 g/mol. The molecule has 0 aliphatic heterocycles. The first-order valence-corrected chi connectivity index (χ1v) is 10.4. The van der Waals surface area contributed by atoms with E-state index in [1.165, 1.54) is 13.0 Å². The topological polar surface area (TPSA) is 104 Å². The van der Waals surface area contributed by atoms with E-state index in [1.54, 1.807) is 5.32 Å². The zero-order chi connectivity index (χ0) is 22.8. The Morgan fingerprint density at radius 1 is 1.42 bits per heavy atom. The number of hydrogen-bond donors (Lipinski definition) is 2. The van der Waals surface area contributed by atoms with Crippen molar-refractivity contribution in [3.05, 3.63) is 40.2 Å².